The topological polar surface area (TPSA) is 0 Å². The van der Waals surface area contributed by atoms with E-state index in [1.165, 1.54) is 22.6 Å². The van der Waals surface area contributed by atoms with Crippen molar-refractivity contribution in [2.75, 3.05) is 0 Å². The third kappa shape index (κ3) is 1.70. The molecule has 0 aliphatic rings. The van der Waals surface area contributed by atoms with E-state index in [9.17, 15) is 17.6 Å². The van der Waals surface area contributed by atoms with Crippen LogP contribution in [-0.4, -0.2) is 0 Å². The lowest BCUT2D eigenvalue weighted by Gasteiger charge is -2.04. The molecule has 0 heterocycles. The lowest BCUT2D eigenvalue weighted by molar-refractivity contribution is 0.144. The molecule has 66 valence electrons. The van der Waals surface area contributed by atoms with Gasteiger partial charge in [-0.1, -0.05) is 0 Å². The number of benzene rings is 1. The Morgan fingerprint density at radius 2 is 1.75 bits per heavy atom. The van der Waals surface area contributed by atoms with Crippen LogP contribution in [-0.2, 0) is 0 Å². The number of halogens is 5. The normalized spacial score (nSPS) is 10.8. The number of hydrogen-bond donors (Lipinski definition) is 0. The Kier molecular flexibility index (Phi) is 2.92. The molecule has 1 rings (SSSR count). The van der Waals surface area contributed by atoms with Gasteiger partial charge in [0.15, 0.2) is 11.6 Å². The van der Waals surface area contributed by atoms with Gasteiger partial charge in [0.05, 0.1) is 5.56 Å². The zero-order chi connectivity index (χ0) is 9.30. The van der Waals surface area contributed by atoms with Gasteiger partial charge in [-0.25, -0.2) is 17.6 Å². The van der Waals surface area contributed by atoms with Crippen molar-refractivity contribution in [3.05, 3.63) is 32.9 Å². The second-order valence-corrected chi connectivity index (χ2v) is 3.22. The standard InChI is InChI=1S/C7H3F4I/c8-3-1-2-4(12)5(6(3)9)7(10)11/h1-2,7H. The van der Waals surface area contributed by atoms with Crippen molar-refractivity contribution in [2.45, 2.75) is 6.43 Å². The van der Waals surface area contributed by atoms with E-state index in [1.807, 2.05) is 0 Å². The van der Waals surface area contributed by atoms with Crippen molar-refractivity contribution in [3.8, 4) is 0 Å². The molecule has 0 N–H and O–H groups in total. The van der Waals surface area contributed by atoms with Crippen LogP contribution < -0.4 is 0 Å². The molecule has 12 heavy (non-hydrogen) atoms. The van der Waals surface area contributed by atoms with Crippen molar-refractivity contribution >= 4 is 22.6 Å². The lowest BCUT2D eigenvalue weighted by Crippen LogP contribution is -1.97. The number of hydrogen-bond acceptors (Lipinski definition) is 0. The van der Waals surface area contributed by atoms with Crippen LogP contribution in [0.25, 0.3) is 0 Å². The highest BCUT2D eigenvalue weighted by Crippen LogP contribution is 2.28. The van der Waals surface area contributed by atoms with Crippen LogP contribution in [0.2, 0.25) is 0 Å². The average Bonchev–Trinajstić information content (AvgIpc) is 1.97. The molecule has 1 aromatic carbocycles. The molecule has 0 fully saturated rings. The molecule has 0 radical (unpaired) electrons. The maximum atomic E-state index is 12.7. The molecule has 0 spiro atoms. The molecule has 0 amide bonds. The summed E-state index contributed by atoms with van der Waals surface area (Å²) in [7, 11) is 0. The van der Waals surface area contributed by atoms with Crippen molar-refractivity contribution in [2.24, 2.45) is 0 Å². The Morgan fingerprint density at radius 1 is 1.17 bits per heavy atom. The van der Waals surface area contributed by atoms with Crippen LogP contribution in [0.4, 0.5) is 17.6 Å². The highest BCUT2D eigenvalue weighted by molar-refractivity contribution is 14.1. The van der Waals surface area contributed by atoms with E-state index in [0.29, 0.717) is 0 Å². The average molecular weight is 290 g/mol. The zero-order valence-corrected chi connectivity index (χ0v) is 7.78. The van der Waals surface area contributed by atoms with E-state index in [0.717, 1.165) is 12.1 Å². The highest BCUT2D eigenvalue weighted by atomic mass is 127. The van der Waals surface area contributed by atoms with Gasteiger partial charge in [-0.3, -0.25) is 0 Å². The van der Waals surface area contributed by atoms with Crippen LogP contribution in [0.15, 0.2) is 12.1 Å². The molecule has 0 atom stereocenters. The first-order valence-electron chi connectivity index (χ1n) is 2.95. The van der Waals surface area contributed by atoms with E-state index in [1.54, 1.807) is 0 Å². The Balaban J connectivity index is 3.33. The molecule has 0 nitrogen and oxygen atoms in total. The van der Waals surface area contributed by atoms with Gasteiger partial charge in [-0.2, -0.15) is 0 Å². The summed E-state index contributed by atoms with van der Waals surface area (Å²) in [5.41, 5.74) is -0.865. The van der Waals surface area contributed by atoms with Gasteiger partial charge in [0.2, 0.25) is 0 Å². The summed E-state index contributed by atoms with van der Waals surface area (Å²) in [5, 5.41) is 0. The third-order valence-corrected chi connectivity index (χ3v) is 2.24. The highest BCUT2D eigenvalue weighted by Gasteiger charge is 2.19. The SMILES string of the molecule is Fc1ccc(I)c(C(F)F)c1F. The van der Waals surface area contributed by atoms with E-state index in [2.05, 4.69) is 0 Å². The second kappa shape index (κ2) is 3.59. The second-order valence-electron chi connectivity index (χ2n) is 2.06. The Bertz CT molecular complexity index is 298. The van der Waals surface area contributed by atoms with Crippen molar-refractivity contribution in [3.63, 3.8) is 0 Å². The molecular weight excluding hydrogens is 287 g/mol. The minimum atomic E-state index is -2.98. The molecule has 5 heteroatoms. The van der Waals surface area contributed by atoms with E-state index >= 15 is 0 Å². The maximum Gasteiger partial charge on any atom is 0.267 e. The molecule has 0 unspecified atom stereocenters. The van der Waals surface area contributed by atoms with Crippen molar-refractivity contribution in [1.29, 1.82) is 0 Å². The first-order valence-corrected chi connectivity index (χ1v) is 4.03. The third-order valence-electron chi connectivity index (χ3n) is 1.30. The van der Waals surface area contributed by atoms with E-state index in [4.69, 9.17) is 0 Å². The summed E-state index contributed by atoms with van der Waals surface area (Å²) in [5.74, 6) is -2.71. The van der Waals surface area contributed by atoms with Crippen LogP contribution in [0.3, 0.4) is 0 Å². The Labute approximate surface area is 79.7 Å². The Hall–Kier alpha value is -0.330. The minimum absolute atomic E-state index is 0.0292. The van der Waals surface area contributed by atoms with E-state index in [-0.39, 0.29) is 3.57 Å². The minimum Gasteiger partial charge on any atom is -0.205 e. The van der Waals surface area contributed by atoms with Crippen LogP contribution >= 0.6 is 22.6 Å². The molecular formula is C7H3F4I. The molecule has 0 bridgehead atoms. The van der Waals surface area contributed by atoms with Gasteiger partial charge in [0.1, 0.15) is 0 Å². The molecule has 0 aliphatic heterocycles. The van der Waals surface area contributed by atoms with Gasteiger partial charge in [-0.05, 0) is 34.7 Å². The quantitative estimate of drug-likeness (QED) is 0.422. The number of alkyl halides is 2. The molecule has 0 aliphatic carbocycles. The van der Waals surface area contributed by atoms with Gasteiger partial charge in [-0.15, -0.1) is 0 Å². The Morgan fingerprint density at radius 3 is 2.17 bits per heavy atom. The van der Waals surface area contributed by atoms with E-state index < -0.39 is 23.6 Å². The number of rotatable bonds is 1. The molecule has 0 saturated carbocycles. The van der Waals surface area contributed by atoms with Gasteiger partial charge < -0.3 is 0 Å². The summed E-state index contributed by atoms with van der Waals surface area (Å²) in [6, 6.07) is 1.93. The van der Waals surface area contributed by atoms with Crippen molar-refractivity contribution in [1.82, 2.24) is 0 Å². The monoisotopic (exact) mass is 290 g/mol. The van der Waals surface area contributed by atoms with Gasteiger partial charge >= 0.3 is 0 Å². The summed E-state index contributed by atoms with van der Waals surface area (Å²) >= 11 is 1.53. The molecule has 0 aromatic heterocycles. The summed E-state index contributed by atoms with van der Waals surface area (Å²) < 4.78 is 49.2. The van der Waals surface area contributed by atoms with Crippen LogP contribution in [0.1, 0.15) is 12.0 Å². The predicted octanol–water partition coefficient (Wildman–Crippen LogP) is 3.51. The largest absolute Gasteiger partial charge is 0.267 e. The summed E-state index contributed by atoms with van der Waals surface area (Å²) in [6.45, 7) is 0. The van der Waals surface area contributed by atoms with Gasteiger partial charge in [0, 0.05) is 3.57 Å². The van der Waals surface area contributed by atoms with Crippen LogP contribution in [0, 0.1) is 15.2 Å². The lowest BCUT2D eigenvalue weighted by atomic mass is 10.2. The fourth-order valence-corrected chi connectivity index (χ4v) is 1.39. The van der Waals surface area contributed by atoms with Gasteiger partial charge in [0.25, 0.3) is 6.43 Å². The smallest absolute Gasteiger partial charge is 0.205 e. The fraction of sp³-hybridized carbons (Fsp3) is 0.143. The molecule has 0 saturated heterocycles. The summed E-state index contributed by atoms with van der Waals surface area (Å²) in [6.07, 6.45) is -2.98. The summed E-state index contributed by atoms with van der Waals surface area (Å²) in [4.78, 5) is 0. The first kappa shape index (κ1) is 9.76. The first-order chi connectivity index (χ1) is 5.54. The van der Waals surface area contributed by atoms with Crippen molar-refractivity contribution < 1.29 is 17.6 Å². The molecule has 1 aromatic rings. The fourth-order valence-electron chi connectivity index (χ4n) is 0.743. The van der Waals surface area contributed by atoms with Crippen LogP contribution in [0.5, 0.6) is 0 Å². The zero-order valence-electron chi connectivity index (χ0n) is 5.62. The predicted molar refractivity (Wildman–Crippen MR) is 44.0 cm³/mol. The maximum absolute atomic E-state index is 12.7.